The fourth-order valence-electron chi connectivity index (χ4n) is 0.268. The first-order valence-corrected chi connectivity index (χ1v) is 5.61. The van der Waals surface area contributed by atoms with Gasteiger partial charge < -0.3 is 35.7 Å². The summed E-state index contributed by atoms with van der Waals surface area (Å²) in [5, 5.41) is 48.9. The van der Waals surface area contributed by atoms with E-state index in [0.717, 1.165) is 0 Å². The van der Waals surface area contributed by atoms with Crippen LogP contribution in [0.1, 0.15) is 0 Å². The molecule has 0 aromatic carbocycles. The maximum Gasteiger partial charge on any atom is 0.161 e. The van der Waals surface area contributed by atoms with Crippen LogP contribution >= 0.6 is 7.26 Å². The summed E-state index contributed by atoms with van der Waals surface area (Å²) >= 11 is 0. The average molecular weight is 217 g/mol. The van der Waals surface area contributed by atoms with E-state index in [9.17, 15) is 0 Å². The second kappa shape index (κ2) is 8.09. The highest BCUT2D eigenvalue weighted by atomic mass is 31.2. The van der Waals surface area contributed by atoms with Gasteiger partial charge in [0.15, 0.2) is 25.4 Å². The molecule has 0 aliphatic heterocycles. The second-order valence-electron chi connectivity index (χ2n) is 2.13. The minimum absolute atomic E-state index is 0.295. The third-order valence-electron chi connectivity index (χ3n) is 1.20. The summed E-state index contributed by atoms with van der Waals surface area (Å²) in [4.78, 5) is 8.25. The van der Waals surface area contributed by atoms with Crippen molar-refractivity contribution in [2.24, 2.45) is 0 Å². The lowest BCUT2D eigenvalue weighted by Gasteiger charge is -2.15. The van der Waals surface area contributed by atoms with Gasteiger partial charge in [-0.25, -0.2) is 0 Å². The van der Waals surface area contributed by atoms with Crippen molar-refractivity contribution >= 4 is 7.26 Å². The van der Waals surface area contributed by atoms with Crippen LogP contribution in [0.15, 0.2) is 0 Å². The third-order valence-corrected chi connectivity index (χ3v) is 3.60. The van der Waals surface area contributed by atoms with E-state index in [4.69, 9.17) is 35.7 Å². The molecule has 13 heavy (non-hydrogen) atoms. The first kappa shape index (κ1) is 15.0. The van der Waals surface area contributed by atoms with Crippen molar-refractivity contribution in [3.05, 3.63) is 15.3 Å². The maximum atomic E-state index is 8.55. The Bertz CT molecular complexity index is 117. The average Bonchev–Trinajstić information content (AvgIpc) is 2.09. The van der Waals surface area contributed by atoms with Gasteiger partial charge in [0.2, 0.25) is 0 Å². The molecular weight excluding hydrogens is 205 g/mol. The SMILES string of the molecule is O=[N+]([O-])[O-].OC[P+](CO)(CO)CO. The van der Waals surface area contributed by atoms with Gasteiger partial charge in [-0.3, -0.25) is 0 Å². The molecule has 9 heteroatoms. The Morgan fingerprint density at radius 1 is 0.923 bits per heavy atom. The molecule has 0 atom stereocenters. The lowest BCUT2D eigenvalue weighted by atomic mass is 11.6. The zero-order valence-electron chi connectivity index (χ0n) is 6.74. The molecule has 0 aromatic heterocycles. The first-order valence-electron chi connectivity index (χ1n) is 3.08. The number of aliphatic hydroxyl groups excluding tert-OH is 4. The molecule has 0 saturated heterocycles. The summed E-state index contributed by atoms with van der Waals surface area (Å²) in [5.74, 6) is 0. The van der Waals surface area contributed by atoms with Gasteiger partial charge in [-0.2, -0.15) is 0 Å². The molecule has 0 aromatic rings. The molecule has 0 spiro atoms. The quantitative estimate of drug-likeness (QED) is 0.256. The molecule has 0 unspecified atom stereocenters. The van der Waals surface area contributed by atoms with Crippen LogP contribution in [0.3, 0.4) is 0 Å². The van der Waals surface area contributed by atoms with E-state index in [-0.39, 0.29) is 25.4 Å². The molecule has 4 N–H and O–H groups in total. The van der Waals surface area contributed by atoms with Crippen LogP contribution < -0.4 is 0 Å². The van der Waals surface area contributed by atoms with E-state index >= 15 is 0 Å². The van der Waals surface area contributed by atoms with E-state index < -0.39 is 12.3 Å². The first-order chi connectivity index (χ1) is 5.97. The van der Waals surface area contributed by atoms with Crippen LogP contribution in [0, 0.1) is 15.3 Å². The molecule has 0 amide bonds. The van der Waals surface area contributed by atoms with Crippen molar-refractivity contribution < 1.29 is 25.5 Å². The molecule has 0 rings (SSSR count). The lowest BCUT2D eigenvalue weighted by Crippen LogP contribution is -2.10. The number of hydrogen-bond donors (Lipinski definition) is 4. The van der Waals surface area contributed by atoms with Crippen molar-refractivity contribution in [1.82, 2.24) is 0 Å². The lowest BCUT2D eigenvalue weighted by molar-refractivity contribution is -0.402. The van der Waals surface area contributed by atoms with Crippen molar-refractivity contribution in [2.45, 2.75) is 0 Å². The van der Waals surface area contributed by atoms with E-state index in [0.29, 0.717) is 0 Å². The number of nitrogens with zero attached hydrogens (tertiary/aromatic N) is 1. The maximum absolute atomic E-state index is 8.55. The molecule has 0 heterocycles. The van der Waals surface area contributed by atoms with Crippen molar-refractivity contribution in [2.75, 3.05) is 25.4 Å². The molecule has 0 radical (unpaired) electrons. The normalized spacial score (nSPS) is 10.2. The standard InChI is InChI=1S/C4H12O4P.NO3/c5-1-9(2-6,3-7)4-8;2-1(3)4/h5-8H,1-4H2;/q+1;-1. The van der Waals surface area contributed by atoms with Gasteiger partial charge in [0.05, 0.1) is 5.09 Å². The number of rotatable bonds is 4. The van der Waals surface area contributed by atoms with Gasteiger partial charge in [-0.1, -0.05) is 0 Å². The monoisotopic (exact) mass is 217 g/mol. The molecular formula is C4H12NO7P. The molecule has 0 saturated carbocycles. The smallest absolute Gasteiger partial charge is 0.161 e. The summed E-state index contributed by atoms with van der Waals surface area (Å²) in [5.41, 5.74) is 0. The highest BCUT2D eigenvalue weighted by molar-refractivity contribution is 7.75. The Morgan fingerprint density at radius 3 is 1.08 bits per heavy atom. The summed E-state index contributed by atoms with van der Waals surface area (Å²) in [6.07, 6.45) is -1.18. The zero-order valence-corrected chi connectivity index (χ0v) is 7.63. The fourth-order valence-corrected chi connectivity index (χ4v) is 0.805. The molecule has 0 aliphatic rings. The molecule has 80 valence electrons. The van der Waals surface area contributed by atoms with Gasteiger partial charge in [0, 0.05) is 0 Å². The van der Waals surface area contributed by atoms with E-state index in [1.54, 1.807) is 0 Å². The minimum Gasteiger partial charge on any atom is -0.361 e. The Labute approximate surface area is 74.5 Å². The van der Waals surface area contributed by atoms with Crippen molar-refractivity contribution in [1.29, 1.82) is 0 Å². The Kier molecular flexibility index (Phi) is 9.31. The Balaban J connectivity index is 0. The van der Waals surface area contributed by atoms with Crippen molar-refractivity contribution in [3.63, 3.8) is 0 Å². The van der Waals surface area contributed by atoms with Crippen molar-refractivity contribution in [3.8, 4) is 0 Å². The summed E-state index contributed by atoms with van der Waals surface area (Å²) in [6, 6.07) is 0. The molecule has 0 aliphatic carbocycles. The van der Waals surface area contributed by atoms with E-state index in [1.165, 1.54) is 0 Å². The van der Waals surface area contributed by atoms with Gasteiger partial charge in [0.25, 0.3) is 0 Å². The molecule has 0 bridgehead atoms. The number of hydrogen-bond acceptors (Lipinski definition) is 7. The predicted molar refractivity (Wildman–Crippen MR) is 45.6 cm³/mol. The fraction of sp³-hybridized carbons (Fsp3) is 1.00. The Morgan fingerprint density at radius 2 is 1.08 bits per heavy atom. The van der Waals surface area contributed by atoms with Gasteiger partial charge in [0.1, 0.15) is 7.26 Å². The second-order valence-corrected chi connectivity index (χ2v) is 5.95. The molecule has 0 fully saturated rings. The zero-order chi connectivity index (χ0) is 10.9. The van der Waals surface area contributed by atoms with Crippen LogP contribution in [-0.2, 0) is 0 Å². The topological polar surface area (TPSA) is 147 Å². The van der Waals surface area contributed by atoms with Crippen LogP contribution in [-0.4, -0.2) is 50.9 Å². The highest BCUT2D eigenvalue weighted by Crippen LogP contribution is 2.54. The van der Waals surface area contributed by atoms with Crippen LogP contribution in [0.4, 0.5) is 0 Å². The molecule has 8 nitrogen and oxygen atoms in total. The summed E-state index contributed by atoms with van der Waals surface area (Å²) in [7, 11) is -2.20. The highest BCUT2D eigenvalue weighted by Gasteiger charge is 2.34. The Hall–Kier alpha value is -0.530. The minimum atomic E-state index is -2.20. The van der Waals surface area contributed by atoms with E-state index in [1.807, 2.05) is 0 Å². The van der Waals surface area contributed by atoms with E-state index in [2.05, 4.69) is 0 Å². The summed E-state index contributed by atoms with van der Waals surface area (Å²) in [6.45, 7) is 0. The predicted octanol–water partition coefficient (Wildman–Crippen LogP) is -1.44. The van der Waals surface area contributed by atoms with Crippen LogP contribution in [0.25, 0.3) is 0 Å². The van der Waals surface area contributed by atoms with Gasteiger partial charge in [-0.15, -0.1) is 0 Å². The van der Waals surface area contributed by atoms with Crippen LogP contribution in [0.5, 0.6) is 0 Å². The summed E-state index contributed by atoms with van der Waals surface area (Å²) < 4.78 is 0. The largest absolute Gasteiger partial charge is 0.361 e. The van der Waals surface area contributed by atoms with Gasteiger partial charge in [-0.05, 0) is 0 Å². The van der Waals surface area contributed by atoms with Gasteiger partial charge >= 0.3 is 0 Å². The number of aliphatic hydroxyl groups is 4. The third kappa shape index (κ3) is 7.82. The van der Waals surface area contributed by atoms with Crippen LogP contribution in [0.2, 0.25) is 0 Å².